The van der Waals surface area contributed by atoms with Crippen molar-refractivity contribution < 1.29 is 14.6 Å². The molecule has 1 heterocycles. The highest BCUT2D eigenvalue weighted by Gasteiger charge is 2.14. The van der Waals surface area contributed by atoms with Crippen molar-refractivity contribution in [1.82, 2.24) is 4.90 Å². The lowest BCUT2D eigenvalue weighted by molar-refractivity contribution is 0.282. The number of hydrogen-bond donors (Lipinski definition) is 3. The Labute approximate surface area is 154 Å². The molecule has 0 aliphatic carbocycles. The van der Waals surface area contributed by atoms with E-state index < -0.39 is 0 Å². The molecule has 3 N–H and O–H groups in total. The van der Waals surface area contributed by atoms with Crippen LogP contribution in [0.25, 0.3) is 0 Å². The second-order valence-corrected chi connectivity index (χ2v) is 5.75. The van der Waals surface area contributed by atoms with Crippen molar-refractivity contribution in [3.63, 3.8) is 0 Å². The summed E-state index contributed by atoms with van der Waals surface area (Å²) in [5.41, 5.74) is 1.34. The second-order valence-electron chi connectivity index (χ2n) is 5.75. The van der Waals surface area contributed by atoms with Crippen molar-refractivity contribution >= 4 is 11.9 Å². The second kappa shape index (κ2) is 10.2. The van der Waals surface area contributed by atoms with Crippen LogP contribution in [0.2, 0.25) is 0 Å². The fourth-order valence-electron chi connectivity index (χ4n) is 2.39. The standard InChI is InChI=1S/C20H25N3O3/c1-2-14-25-18-6-3-4-12-23(13-5-7-18)20(22)26-19(21)17-10-8-16(15-24)9-11-17/h2-3,6-11,14,21-22,24H,4-5,12-13,15H2,1H3. The molecule has 6 heteroatoms. The number of amidine groups is 1. The predicted octanol–water partition coefficient (Wildman–Crippen LogP) is 3.54. The van der Waals surface area contributed by atoms with Crippen molar-refractivity contribution in [1.29, 1.82) is 10.8 Å². The third-order valence-electron chi connectivity index (χ3n) is 3.82. The van der Waals surface area contributed by atoms with E-state index in [1.807, 2.05) is 31.2 Å². The quantitative estimate of drug-likeness (QED) is 0.438. The van der Waals surface area contributed by atoms with Gasteiger partial charge in [0, 0.05) is 18.7 Å². The lowest BCUT2D eigenvalue weighted by Crippen LogP contribution is -2.35. The van der Waals surface area contributed by atoms with Crippen LogP contribution < -0.4 is 0 Å². The summed E-state index contributed by atoms with van der Waals surface area (Å²) in [6, 6.07) is 6.84. The van der Waals surface area contributed by atoms with Crippen LogP contribution in [0.3, 0.4) is 0 Å². The molecular formula is C20H25N3O3. The van der Waals surface area contributed by atoms with E-state index in [2.05, 4.69) is 0 Å². The third kappa shape index (κ3) is 5.89. The molecule has 1 aliphatic heterocycles. The maximum Gasteiger partial charge on any atom is 0.291 e. The zero-order valence-electron chi connectivity index (χ0n) is 14.9. The van der Waals surface area contributed by atoms with Gasteiger partial charge in [0.25, 0.3) is 6.02 Å². The Morgan fingerprint density at radius 2 is 1.92 bits per heavy atom. The number of ether oxygens (including phenoxy) is 2. The van der Waals surface area contributed by atoms with Crippen molar-refractivity contribution in [3.05, 3.63) is 71.7 Å². The highest BCUT2D eigenvalue weighted by atomic mass is 16.5. The van der Waals surface area contributed by atoms with Gasteiger partial charge in [-0.1, -0.05) is 24.3 Å². The van der Waals surface area contributed by atoms with Gasteiger partial charge in [0.05, 0.1) is 12.9 Å². The number of aliphatic hydroxyl groups is 1. The van der Waals surface area contributed by atoms with Crippen LogP contribution in [0.1, 0.15) is 30.9 Å². The topological polar surface area (TPSA) is 89.6 Å². The Hall–Kier alpha value is -2.86. The Morgan fingerprint density at radius 1 is 1.19 bits per heavy atom. The van der Waals surface area contributed by atoms with Crippen LogP contribution in [-0.2, 0) is 16.1 Å². The summed E-state index contributed by atoms with van der Waals surface area (Å²) < 4.78 is 10.9. The Kier molecular flexibility index (Phi) is 7.64. The molecule has 26 heavy (non-hydrogen) atoms. The fraction of sp³-hybridized carbons (Fsp3) is 0.300. The Morgan fingerprint density at radius 3 is 2.62 bits per heavy atom. The number of benzene rings is 1. The first-order valence-corrected chi connectivity index (χ1v) is 8.58. The van der Waals surface area contributed by atoms with Gasteiger partial charge in [0.15, 0.2) is 0 Å². The van der Waals surface area contributed by atoms with Gasteiger partial charge in [0.1, 0.15) is 5.76 Å². The number of rotatable bonds is 4. The van der Waals surface area contributed by atoms with Gasteiger partial charge >= 0.3 is 0 Å². The number of allylic oxidation sites excluding steroid dienone is 2. The van der Waals surface area contributed by atoms with Crippen molar-refractivity contribution in [3.8, 4) is 0 Å². The van der Waals surface area contributed by atoms with E-state index in [4.69, 9.17) is 25.4 Å². The Bertz CT molecular complexity index is 706. The summed E-state index contributed by atoms with van der Waals surface area (Å²) in [5.74, 6) is 0.705. The van der Waals surface area contributed by atoms with Gasteiger partial charge in [-0.3, -0.25) is 10.8 Å². The summed E-state index contributed by atoms with van der Waals surface area (Å²) in [4.78, 5) is 1.80. The minimum atomic E-state index is -0.0810. The average Bonchev–Trinajstić information content (AvgIpc) is 2.78. The van der Waals surface area contributed by atoms with E-state index in [9.17, 15) is 0 Å². The predicted molar refractivity (Wildman–Crippen MR) is 102 cm³/mol. The van der Waals surface area contributed by atoms with Gasteiger partial charge in [-0.25, -0.2) is 0 Å². The number of hydrogen-bond acceptors (Lipinski definition) is 5. The molecule has 0 bridgehead atoms. The molecular weight excluding hydrogens is 330 g/mol. The van der Waals surface area contributed by atoms with Gasteiger partial charge in [-0.05, 0) is 49.6 Å². The first-order chi connectivity index (χ1) is 12.6. The average molecular weight is 355 g/mol. The van der Waals surface area contributed by atoms with E-state index in [0.717, 1.165) is 17.7 Å². The Balaban J connectivity index is 1.94. The van der Waals surface area contributed by atoms with E-state index in [1.54, 1.807) is 35.4 Å². The molecule has 1 aliphatic rings. The van der Waals surface area contributed by atoms with Gasteiger partial charge in [-0.15, -0.1) is 0 Å². The molecule has 0 atom stereocenters. The van der Waals surface area contributed by atoms with Crippen LogP contribution in [0.5, 0.6) is 0 Å². The molecule has 0 unspecified atom stereocenters. The lowest BCUT2D eigenvalue weighted by atomic mass is 10.1. The molecule has 1 aromatic rings. The highest BCUT2D eigenvalue weighted by Crippen LogP contribution is 2.11. The number of aliphatic hydroxyl groups excluding tert-OH is 1. The van der Waals surface area contributed by atoms with Crippen LogP contribution in [0.15, 0.2) is 60.6 Å². The maximum absolute atomic E-state index is 9.07. The molecule has 1 aromatic carbocycles. The molecule has 138 valence electrons. The number of nitrogens with one attached hydrogen (secondary N) is 2. The van der Waals surface area contributed by atoms with Crippen LogP contribution in [0, 0.1) is 10.8 Å². The smallest absolute Gasteiger partial charge is 0.291 e. The van der Waals surface area contributed by atoms with Gasteiger partial charge < -0.3 is 19.5 Å². The van der Waals surface area contributed by atoms with Crippen LogP contribution in [0.4, 0.5) is 0 Å². The van der Waals surface area contributed by atoms with E-state index in [0.29, 0.717) is 25.1 Å². The van der Waals surface area contributed by atoms with Gasteiger partial charge in [0.2, 0.25) is 5.90 Å². The summed E-state index contributed by atoms with van der Waals surface area (Å²) in [6.07, 6.45) is 10.8. The molecule has 0 saturated heterocycles. The molecule has 0 spiro atoms. The van der Waals surface area contributed by atoms with E-state index in [-0.39, 0.29) is 18.5 Å². The minimum absolute atomic E-state index is 0.0409. The van der Waals surface area contributed by atoms with Gasteiger partial charge in [-0.2, -0.15) is 0 Å². The molecule has 0 radical (unpaired) electrons. The number of nitrogens with zero attached hydrogens (tertiary/aromatic N) is 1. The molecule has 0 saturated carbocycles. The normalized spacial score (nSPS) is 15.0. The zero-order valence-corrected chi connectivity index (χ0v) is 14.9. The van der Waals surface area contributed by atoms with Crippen LogP contribution >= 0.6 is 0 Å². The largest absolute Gasteiger partial charge is 0.466 e. The van der Waals surface area contributed by atoms with E-state index in [1.165, 1.54) is 0 Å². The monoisotopic (exact) mass is 355 g/mol. The fourth-order valence-corrected chi connectivity index (χ4v) is 2.39. The molecule has 0 aromatic heterocycles. The zero-order chi connectivity index (χ0) is 18.8. The van der Waals surface area contributed by atoms with Crippen molar-refractivity contribution in [2.45, 2.75) is 26.4 Å². The first kappa shape index (κ1) is 19.5. The van der Waals surface area contributed by atoms with E-state index >= 15 is 0 Å². The third-order valence-corrected chi connectivity index (χ3v) is 3.82. The summed E-state index contributed by atoms with van der Waals surface area (Å²) >= 11 is 0. The minimum Gasteiger partial charge on any atom is -0.466 e. The molecule has 0 fully saturated rings. The highest BCUT2D eigenvalue weighted by molar-refractivity contribution is 5.98. The lowest BCUT2D eigenvalue weighted by Gasteiger charge is -2.23. The summed E-state index contributed by atoms with van der Waals surface area (Å²) in [6.45, 7) is 3.10. The van der Waals surface area contributed by atoms with Crippen molar-refractivity contribution in [2.75, 3.05) is 13.1 Å². The molecule has 0 amide bonds. The van der Waals surface area contributed by atoms with Crippen LogP contribution in [-0.4, -0.2) is 35.0 Å². The van der Waals surface area contributed by atoms with Crippen molar-refractivity contribution in [2.24, 2.45) is 0 Å². The summed E-state index contributed by atoms with van der Waals surface area (Å²) in [5, 5.41) is 25.3. The SMILES string of the molecule is CC=COC1=CCCN(C(=N)OC(=N)c2ccc(CO)cc2)CCC=C1. The molecule has 6 nitrogen and oxygen atoms in total. The molecule has 2 rings (SSSR count). The maximum atomic E-state index is 9.07. The summed E-state index contributed by atoms with van der Waals surface area (Å²) in [7, 11) is 0. The first-order valence-electron chi connectivity index (χ1n) is 8.58.